The van der Waals surface area contributed by atoms with E-state index in [-0.39, 0.29) is 28.8 Å². The van der Waals surface area contributed by atoms with Crippen molar-refractivity contribution in [2.24, 2.45) is 14.1 Å². The van der Waals surface area contributed by atoms with Crippen LogP contribution in [0.15, 0.2) is 15.7 Å². The van der Waals surface area contributed by atoms with Gasteiger partial charge >= 0.3 is 5.69 Å². The summed E-state index contributed by atoms with van der Waals surface area (Å²) in [7, 11) is 2.89. The van der Waals surface area contributed by atoms with Crippen LogP contribution in [0.4, 0.5) is 0 Å². The number of fused-ring (bicyclic) bond motifs is 1. The van der Waals surface area contributed by atoms with Gasteiger partial charge < -0.3 is 4.57 Å². The molecule has 2 heterocycles. The number of Topliss-reactive ketones (excluding diaryl/α,β-unsaturated/α-hetero) is 1. The van der Waals surface area contributed by atoms with Crippen molar-refractivity contribution in [3.05, 3.63) is 60.0 Å². The van der Waals surface area contributed by atoms with Crippen molar-refractivity contribution in [3.63, 3.8) is 0 Å². The second-order valence-corrected chi connectivity index (χ2v) is 7.22. The van der Waals surface area contributed by atoms with Gasteiger partial charge in [-0.3, -0.25) is 18.7 Å². The van der Waals surface area contributed by atoms with Crippen LogP contribution in [-0.2, 0) is 20.6 Å². The van der Waals surface area contributed by atoms with Gasteiger partial charge in [-0.05, 0) is 67.6 Å². The summed E-state index contributed by atoms with van der Waals surface area (Å²) in [4.78, 5) is 41.8. The van der Waals surface area contributed by atoms with E-state index in [9.17, 15) is 14.4 Å². The third-order valence-electron chi connectivity index (χ3n) is 5.38. The summed E-state index contributed by atoms with van der Waals surface area (Å²) in [6.45, 7) is 7.75. The van der Waals surface area contributed by atoms with Crippen molar-refractivity contribution in [3.8, 4) is 0 Å². The predicted octanol–water partition coefficient (Wildman–Crippen LogP) is 2.20. The average molecular weight is 389 g/mol. The molecule has 142 valence electrons. The number of ketones is 1. The molecule has 27 heavy (non-hydrogen) atoms. The molecule has 8 heteroatoms. The fourth-order valence-electron chi connectivity index (χ4n) is 3.29. The van der Waals surface area contributed by atoms with Crippen molar-refractivity contribution in [2.75, 3.05) is 0 Å². The Kier molecular flexibility index (Phi) is 4.59. The molecule has 0 aliphatic rings. The fraction of sp³-hybridized carbons (Fsp3) is 0.368. The van der Waals surface area contributed by atoms with Crippen LogP contribution in [0.25, 0.3) is 11.2 Å². The van der Waals surface area contributed by atoms with E-state index in [0.717, 1.165) is 26.8 Å². The van der Waals surface area contributed by atoms with Crippen LogP contribution in [0.1, 0.15) is 32.6 Å². The van der Waals surface area contributed by atoms with Gasteiger partial charge in [-0.1, -0.05) is 0 Å². The molecule has 0 spiro atoms. The zero-order chi connectivity index (χ0) is 20.2. The van der Waals surface area contributed by atoms with Gasteiger partial charge in [-0.2, -0.15) is 4.98 Å². The van der Waals surface area contributed by atoms with Gasteiger partial charge in [0.2, 0.25) is 5.28 Å². The van der Waals surface area contributed by atoms with Crippen molar-refractivity contribution < 1.29 is 4.79 Å². The fourth-order valence-corrected chi connectivity index (χ4v) is 3.52. The first kappa shape index (κ1) is 19.1. The number of rotatable bonds is 3. The highest BCUT2D eigenvalue weighted by Crippen LogP contribution is 2.23. The van der Waals surface area contributed by atoms with Crippen LogP contribution < -0.4 is 11.2 Å². The number of carbonyl (C=O) groups is 1. The Morgan fingerprint density at radius 3 is 2.30 bits per heavy atom. The molecule has 0 saturated carbocycles. The highest BCUT2D eigenvalue weighted by molar-refractivity contribution is 6.29. The second-order valence-electron chi connectivity index (χ2n) is 6.88. The summed E-state index contributed by atoms with van der Waals surface area (Å²) in [5.41, 5.74) is 4.01. The molecule has 1 aromatic carbocycles. The molecule has 7 nitrogen and oxygen atoms in total. The first-order valence-corrected chi connectivity index (χ1v) is 8.86. The third kappa shape index (κ3) is 2.82. The quantitative estimate of drug-likeness (QED) is 0.509. The predicted molar refractivity (Wildman–Crippen MR) is 105 cm³/mol. The molecule has 2 aromatic heterocycles. The monoisotopic (exact) mass is 388 g/mol. The van der Waals surface area contributed by atoms with Crippen LogP contribution in [0.2, 0.25) is 5.28 Å². The molecular weight excluding hydrogens is 368 g/mol. The number of halogens is 1. The molecule has 0 unspecified atom stereocenters. The van der Waals surface area contributed by atoms with E-state index in [2.05, 4.69) is 4.98 Å². The molecule has 0 aliphatic carbocycles. The van der Waals surface area contributed by atoms with Gasteiger partial charge in [0, 0.05) is 19.7 Å². The zero-order valence-corrected chi connectivity index (χ0v) is 16.9. The summed E-state index contributed by atoms with van der Waals surface area (Å²) in [5.74, 6) is -0.171. The zero-order valence-electron chi connectivity index (χ0n) is 16.2. The van der Waals surface area contributed by atoms with E-state index >= 15 is 0 Å². The molecule has 0 amide bonds. The number of aryl methyl sites for hydroxylation is 2. The molecule has 0 N–H and O–H groups in total. The van der Waals surface area contributed by atoms with E-state index < -0.39 is 11.2 Å². The third-order valence-corrected chi connectivity index (χ3v) is 5.67. The lowest BCUT2D eigenvalue weighted by atomic mass is 9.92. The minimum absolute atomic E-state index is 0.00476. The molecule has 0 radical (unpaired) electrons. The largest absolute Gasteiger partial charge is 0.332 e. The molecule has 0 atom stereocenters. The molecule has 3 aromatic rings. The van der Waals surface area contributed by atoms with Gasteiger partial charge in [0.25, 0.3) is 5.56 Å². The molecule has 0 fully saturated rings. The Bertz CT molecular complexity index is 1230. The first-order valence-electron chi connectivity index (χ1n) is 8.48. The smallest absolute Gasteiger partial charge is 0.301 e. The lowest BCUT2D eigenvalue weighted by Gasteiger charge is -2.14. The molecular formula is C19H21ClN4O3. The minimum Gasteiger partial charge on any atom is -0.301 e. The lowest BCUT2D eigenvalue weighted by Crippen LogP contribution is -2.37. The summed E-state index contributed by atoms with van der Waals surface area (Å²) >= 11 is 6.21. The summed E-state index contributed by atoms with van der Waals surface area (Å²) in [5, 5.41) is -0.00476. The van der Waals surface area contributed by atoms with Gasteiger partial charge in [0.1, 0.15) is 0 Å². The highest BCUT2D eigenvalue weighted by atomic mass is 35.5. The number of hydrogen-bond acceptors (Lipinski definition) is 4. The molecule has 0 saturated heterocycles. The number of hydrogen-bond donors (Lipinski definition) is 0. The average Bonchev–Trinajstić information content (AvgIpc) is 2.95. The maximum Gasteiger partial charge on any atom is 0.332 e. The molecule has 0 bridgehead atoms. The summed E-state index contributed by atoms with van der Waals surface area (Å²) in [6.07, 6.45) is 0. The number of benzene rings is 1. The Hall–Kier alpha value is -2.67. The normalized spacial score (nSPS) is 11.4. The van der Waals surface area contributed by atoms with Gasteiger partial charge in [0.15, 0.2) is 16.9 Å². The van der Waals surface area contributed by atoms with Crippen LogP contribution in [0, 0.1) is 27.7 Å². The number of imidazole rings is 1. The SMILES string of the molecule is Cc1cc(C(=O)Cn2c(Cl)nc3c2c(=O)n(C)c(=O)n3C)c(C)c(C)c1C. The van der Waals surface area contributed by atoms with Gasteiger partial charge in [-0.15, -0.1) is 0 Å². The van der Waals surface area contributed by atoms with Crippen molar-refractivity contribution in [2.45, 2.75) is 34.2 Å². The second kappa shape index (κ2) is 6.49. The van der Waals surface area contributed by atoms with Gasteiger partial charge in [-0.25, -0.2) is 4.79 Å². The van der Waals surface area contributed by atoms with E-state index in [1.54, 1.807) is 0 Å². The Balaban J connectivity index is 2.19. The number of aromatic nitrogens is 4. The van der Waals surface area contributed by atoms with E-state index in [1.807, 2.05) is 33.8 Å². The van der Waals surface area contributed by atoms with E-state index in [4.69, 9.17) is 11.6 Å². The summed E-state index contributed by atoms with van der Waals surface area (Å²) in [6, 6.07) is 1.86. The van der Waals surface area contributed by atoms with E-state index in [0.29, 0.717) is 5.56 Å². The topological polar surface area (TPSA) is 78.9 Å². The standard InChI is InChI=1S/C19H21ClN4O3/c1-9-7-13(12(4)11(3)10(9)2)14(25)8-24-15-16(21-18(24)20)22(5)19(27)23(6)17(15)26/h7H,8H2,1-6H3. The van der Waals surface area contributed by atoms with E-state index in [1.165, 1.54) is 23.2 Å². The summed E-state index contributed by atoms with van der Waals surface area (Å²) < 4.78 is 3.59. The number of carbonyl (C=O) groups excluding carboxylic acids is 1. The first-order chi connectivity index (χ1) is 12.6. The van der Waals surface area contributed by atoms with Gasteiger partial charge in [0.05, 0.1) is 6.54 Å². The van der Waals surface area contributed by atoms with Crippen LogP contribution in [0.5, 0.6) is 0 Å². The van der Waals surface area contributed by atoms with Crippen LogP contribution in [-0.4, -0.2) is 24.5 Å². The highest BCUT2D eigenvalue weighted by Gasteiger charge is 2.21. The maximum absolute atomic E-state index is 13.0. The Morgan fingerprint density at radius 1 is 1.04 bits per heavy atom. The van der Waals surface area contributed by atoms with Crippen LogP contribution in [0.3, 0.4) is 0 Å². The van der Waals surface area contributed by atoms with Crippen molar-refractivity contribution in [1.29, 1.82) is 0 Å². The Morgan fingerprint density at radius 2 is 1.67 bits per heavy atom. The van der Waals surface area contributed by atoms with Crippen LogP contribution >= 0.6 is 11.6 Å². The Labute approximate surface area is 160 Å². The van der Waals surface area contributed by atoms with Crippen molar-refractivity contribution >= 4 is 28.5 Å². The molecule has 0 aliphatic heterocycles. The number of nitrogens with zero attached hydrogens (tertiary/aromatic N) is 4. The van der Waals surface area contributed by atoms with Crippen molar-refractivity contribution in [1.82, 2.24) is 18.7 Å². The minimum atomic E-state index is -0.534. The lowest BCUT2D eigenvalue weighted by molar-refractivity contribution is 0.0972. The molecule has 3 rings (SSSR count). The maximum atomic E-state index is 13.0.